The van der Waals surface area contributed by atoms with E-state index in [0.717, 1.165) is 71.0 Å². The fraction of sp³-hybridized carbons (Fsp3) is 0.942. The molecule has 0 amide bonds. The molecule has 0 spiro atoms. The first-order valence-corrected chi connectivity index (χ1v) is 25.1. The monoisotopic (exact) mass is 907 g/mol. The first-order valence-electron chi connectivity index (χ1n) is 25.1. The largest absolute Gasteiger partial charge is 0.366 e. The molecular weight excluding hydrogens is 805 g/mol. The first-order chi connectivity index (χ1) is 28.8. The van der Waals surface area contributed by atoms with Crippen molar-refractivity contribution in [2.75, 3.05) is 19.6 Å². The number of nitrogens with zero attached hydrogens (tertiary/aromatic N) is 3. The maximum Gasteiger partial charge on any atom is 0.330 e. The van der Waals surface area contributed by atoms with Crippen molar-refractivity contribution < 1.29 is 28.9 Å². The lowest BCUT2D eigenvalue weighted by Crippen LogP contribution is -2.64. The predicted molar refractivity (Wildman–Crippen MR) is 263 cm³/mol. The molecule has 0 bridgehead atoms. The van der Waals surface area contributed by atoms with Gasteiger partial charge in [0.2, 0.25) is 0 Å². The lowest BCUT2D eigenvalue weighted by atomic mass is 9.79. The van der Waals surface area contributed by atoms with Gasteiger partial charge in [0.25, 0.3) is 0 Å². The Morgan fingerprint density at radius 3 is 0.797 bits per heavy atom. The van der Waals surface area contributed by atoms with Crippen molar-refractivity contribution in [1.29, 1.82) is 0 Å². The van der Waals surface area contributed by atoms with E-state index in [2.05, 4.69) is 106 Å². The van der Waals surface area contributed by atoms with Gasteiger partial charge in [0, 0.05) is 18.1 Å². The average Bonchev–Trinajstić information content (AvgIpc) is 3.08. The van der Waals surface area contributed by atoms with Crippen molar-refractivity contribution >= 4 is 17.9 Å². The van der Waals surface area contributed by atoms with Crippen molar-refractivity contribution in [1.82, 2.24) is 31.1 Å². The second-order valence-corrected chi connectivity index (χ2v) is 26.6. The summed E-state index contributed by atoms with van der Waals surface area (Å²) in [5.74, 6) is -0.515. The van der Waals surface area contributed by atoms with Gasteiger partial charge in [-0.1, -0.05) is 26.2 Å². The minimum atomic E-state index is -0.524. The lowest BCUT2D eigenvalue weighted by Gasteiger charge is -2.53. The molecule has 0 aromatic carbocycles. The van der Waals surface area contributed by atoms with Crippen molar-refractivity contribution in [2.24, 2.45) is 16.2 Å². The van der Waals surface area contributed by atoms with Crippen molar-refractivity contribution in [3.63, 3.8) is 0 Å². The number of piperidine rings is 3. The van der Waals surface area contributed by atoms with E-state index in [1.165, 1.54) is 25.7 Å². The Hall–Kier alpha value is -1.83. The van der Waals surface area contributed by atoms with Gasteiger partial charge >= 0.3 is 17.9 Å². The van der Waals surface area contributed by atoms with Gasteiger partial charge in [-0.15, -0.1) is 15.2 Å². The summed E-state index contributed by atoms with van der Waals surface area (Å²) in [4.78, 5) is 55.3. The Morgan fingerprint density at radius 1 is 0.406 bits per heavy atom. The molecule has 0 saturated carbocycles. The van der Waals surface area contributed by atoms with E-state index in [1.54, 1.807) is 0 Å². The molecule has 12 nitrogen and oxygen atoms in total. The molecule has 0 aliphatic carbocycles. The Labute approximate surface area is 393 Å². The summed E-state index contributed by atoms with van der Waals surface area (Å²) in [6.45, 7) is 48.5. The zero-order valence-corrected chi connectivity index (χ0v) is 45.6. The van der Waals surface area contributed by atoms with E-state index in [0.29, 0.717) is 18.1 Å². The van der Waals surface area contributed by atoms with Crippen LogP contribution in [-0.4, -0.2) is 104 Å². The van der Waals surface area contributed by atoms with Crippen LogP contribution in [0, 0.1) is 16.2 Å². The molecule has 376 valence electrons. The molecule has 0 aromatic heterocycles. The topological polar surface area (TPSA) is 125 Å². The van der Waals surface area contributed by atoms with E-state index in [9.17, 15) is 14.4 Å². The van der Waals surface area contributed by atoms with Crippen LogP contribution in [-0.2, 0) is 28.9 Å². The third-order valence-electron chi connectivity index (χ3n) is 13.1. The predicted octanol–water partition coefficient (Wildman–Crippen LogP) is 10.7. The summed E-state index contributed by atoms with van der Waals surface area (Å²) >= 11 is 0. The van der Waals surface area contributed by atoms with Crippen LogP contribution in [0.5, 0.6) is 0 Å². The zero-order valence-electron chi connectivity index (χ0n) is 45.6. The summed E-state index contributed by atoms with van der Waals surface area (Å²) in [6.07, 6.45) is 12.9. The maximum absolute atomic E-state index is 12.6. The van der Waals surface area contributed by atoms with Gasteiger partial charge in [-0.2, -0.15) is 0 Å². The Kier molecular flexibility index (Phi) is 20.1. The number of hydroxylamine groups is 6. The van der Waals surface area contributed by atoms with Crippen LogP contribution in [0.4, 0.5) is 0 Å². The average molecular weight is 907 g/mol. The van der Waals surface area contributed by atoms with Crippen molar-refractivity contribution in [3.8, 4) is 0 Å². The van der Waals surface area contributed by atoms with Gasteiger partial charge in [-0.25, -0.2) is 14.4 Å². The van der Waals surface area contributed by atoms with Crippen LogP contribution in [0.25, 0.3) is 0 Å². The zero-order chi connectivity index (χ0) is 49.5. The summed E-state index contributed by atoms with van der Waals surface area (Å²) in [7, 11) is 0. The highest BCUT2D eigenvalue weighted by atomic mass is 16.7. The van der Waals surface area contributed by atoms with E-state index < -0.39 is 16.2 Å². The maximum atomic E-state index is 12.6. The van der Waals surface area contributed by atoms with E-state index >= 15 is 0 Å². The summed E-state index contributed by atoms with van der Waals surface area (Å²) in [5.41, 5.74) is -2.83. The number of rotatable bonds is 16. The molecule has 64 heavy (non-hydrogen) atoms. The van der Waals surface area contributed by atoms with Crippen molar-refractivity contribution in [3.05, 3.63) is 0 Å². The number of nitrogens with one attached hydrogen (secondary N) is 3. The van der Waals surface area contributed by atoms with Gasteiger partial charge < -0.3 is 30.5 Å². The second kappa shape index (κ2) is 22.1. The first kappa shape index (κ1) is 58.3. The van der Waals surface area contributed by atoms with E-state index in [1.807, 2.05) is 77.5 Å². The normalized spacial score (nSPS) is 23.2. The smallest absolute Gasteiger partial charge is 0.330 e. The van der Waals surface area contributed by atoms with Gasteiger partial charge in [0.15, 0.2) is 0 Å². The van der Waals surface area contributed by atoms with Crippen LogP contribution >= 0.6 is 0 Å². The van der Waals surface area contributed by atoms with E-state index in [-0.39, 0.29) is 51.1 Å². The molecule has 3 rings (SSSR count). The Bertz CT molecular complexity index is 1370. The SMILES string of the molecule is CC(C)(C)C(=O)ON1C(C)(C)CC(NCCCCCCNC2CC(C)(C)N(OC(=O)C(C)(C)C)C(C)(C)C2)CC1(C)C.CCCCNC1CC(C)(C)N(OC(=O)C(C)(C)C)C(C)(C)C1. The molecule has 12 heteroatoms. The molecule has 3 aliphatic rings. The number of hydrogen-bond donors (Lipinski definition) is 3. The molecule has 3 heterocycles. The molecule has 0 aromatic rings. The molecule has 3 N–H and O–H groups in total. The third kappa shape index (κ3) is 17.4. The van der Waals surface area contributed by atoms with Gasteiger partial charge in [0.1, 0.15) is 0 Å². The summed E-state index contributed by atoms with van der Waals surface area (Å²) in [6, 6.07) is 1.28. The van der Waals surface area contributed by atoms with Crippen LogP contribution in [0.2, 0.25) is 0 Å². The highest BCUT2D eigenvalue weighted by Gasteiger charge is 2.51. The molecule has 3 saturated heterocycles. The fourth-order valence-electron chi connectivity index (χ4n) is 10.3. The molecule has 3 fully saturated rings. The number of unbranched alkanes of at least 4 members (excludes halogenated alkanes) is 4. The highest BCUT2D eigenvalue weighted by molar-refractivity contribution is 5.76. The lowest BCUT2D eigenvalue weighted by molar-refractivity contribution is -0.274. The van der Waals surface area contributed by atoms with Crippen LogP contribution in [0.3, 0.4) is 0 Å². The number of carbonyl (C=O) groups excluding carboxylic acids is 3. The number of hydrogen-bond acceptors (Lipinski definition) is 12. The highest BCUT2D eigenvalue weighted by Crippen LogP contribution is 2.42. The molecule has 0 unspecified atom stereocenters. The minimum Gasteiger partial charge on any atom is -0.366 e. The molecular formula is C52H102N6O6. The summed E-state index contributed by atoms with van der Waals surface area (Å²) in [5, 5.41) is 17.1. The minimum absolute atomic E-state index is 0.161. The van der Waals surface area contributed by atoms with Crippen LogP contribution < -0.4 is 16.0 Å². The second-order valence-electron chi connectivity index (χ2n) is 26.6. The quantitative estimate of drug-likeness (QED) is 0.128. The fourth-order valence-corrected chi connectivity index (χ4v) is 10.3. The van der Waals surface area contributed by atoms with Gasteiger partial charge in [-0.05, 0) is 223 Å². The van der Waals surface area contributed by atoms with Crippen LogP contribution in [0.1, 0.15) is 229 Å². The molecule has 3 aliphatic heterocycles. The Morgan fingerprint density at radius 2 is 0.609 bits per heavy atom. The molecule has 0 radical (unpaired) electrons. The molecule has 0 atom stereocenters. The van der Waals surface area contributed by atoms with Crippen LogP contribution in [0.15, 0.2) is 0 Å². The van der Waals surface area contributed by atoms with Crippen molar-refractivity contribution in [2.45, 2.75) is 281 Å². The van der Waals surface area contributed by atoms with Gasteiger partial charge in [0.05, 0.1) is 49.5 Å². The number of carbonyl (C=O) groups is 3. The standard InChI is InChI=1S/C34H66N4O4.C18H36N2O2/c1-29(2,3)27(39)41-37-31(7,8)21-25(22-32(37,9)10)35-19-17-15-16-18-20-36-26-23-33(11,12)38(34(13,14)24-26)42-28(40)30(4,5)6;1-9-10-11-19-14-12-17(5,6)20(18(7,8)13-14)22-15(21)16(2,3)4/h25-26,35-36H,15-24H2,1-14H3;14,19H,9-13H2,1-8H3. The Balaban J connectivity index is 0.000000537. The summed E-state index contributed by atoms with van der Waals surface area (Å²) < 4.78 is 0. The van der Waals surface area contributed by atoms with E-state index in [4.69, 9.17) is 14.5 Å². The van der Waals surface area contributed by atoms with Gasteiger partial charge in [-0.3, -0.25) is 0 Å². The third-order valence-corrected chi connectivity index (χ3v) is 13.1.